The van der Waals surface area contributed by atoms with Gasteiger partial charge in [0.25, 0.3) is 5.91 Å². The molecule has 2 aromatic carbocycles. The van der Waals surface area contributed by atoms with Crippen LogP contribution in [0.5, 0.6) is 11.5 Å². The van der Waals surface area contributed by atoms with Crippen molar-refractivity contribution >= 4 is 29.2 Å². The highest BCUT2D eigenvalue weighted by atomic mass is 35.5. The number of aryl methyl sites for hydroxylation is 2. The number of carbonyl (C=O) groups is 2. The number of carbonyl (C=O) groups excluding carboxylic acids is 2. The van der Waals surface area contributed by atoms with Crippen molar-refractivity contribution in [3.05, 3.63) is 52.5 Å². The summed E-state index contributed by atoms with van der Waals surface area (Å²) in [4.78, 5) is 23.7. The average Bonchev–Trinajstić information content (AvgIpc) is 2.61. The van der Waals surface area contributed by atoms with Crippen LogP contribution in [0.15, 0.2) is 36.4 Å². The third kappa shape index (κ3) is 5.67. The summed E-state index contributed by atoms with van der Waals surface area (Å²) in [6.07, 6.45) is 0. The van der Waals surface area contributed by atoms with Crippen LogP contribution in [0.3, 0.4) is 0 Å². The van der Waals surface area contributed by atoms with Crippen LogP contribution in [0.4, 0.5) is 5.69 Å². The molecule has 0 aromatic heterocycles. The maximum Gasteiger partial charge on any atom is 0.344 e. The van der Waals surface area contributed by atoms with Crippen molar-refractivity contribution in [2.75, 3.05) is 25.6 Å². The number of rotatable bonds is 7. The van der Waals surface area contributed by atoms with Gasteiger partial charge in [0, 0.05) is 5.02 Å². The summed E-state index contributed by atoms with van der Waals surface area (Å²) in [7, 11) is 1.48. The van der Waals surface area contributed by atoms with E-state index in [2.05, 4.69) is 5.32 Å². The number of ether oxygens (including phenoxy) is 3. The molecule has 7 heteroatoms. The van der Waals surface area contributed by atoms with Gasteiger partial charge in [0.15, 0.2) is 13.2 Å². The van der Waals surface area contributed by atoms with Crippen LogP contribution in [0, 0.1) is 13.8 Å². The molecule has 1 N–H and O–H groups in total. The first-order valence-corrected chi connectivity index (χ1v) is 8.26. The molecule has 0 unspecified atom stereocenters. The zero-order valence-electron chi connectivity index (χ0n) is 14.8. The molecule has 2 aromatic rings. The normalized spacial score (nSPS) is 10.2. The standard InChI is InChI=1S/C19H20ClNO5/c1-12-4-6-15(8-13(12)2)25-11-19(23)26-10-18(22)21-16-9-14(20)5-7-17(16)24-3/h4-9H,10-11H2,1-3H3,(H,21,22). The van der Waals surface area contributed by atoms with Crippen molar-refractivity contribution in [1.29, 1.82) is 0 Å². The number of nitrogens with one attached hydrogen (secondary N) is 1. The molecule has 0 saturated carbocycles. The van der Waals surface area contributed by atoms with Gasteiger partial charge < -0.3 is 19.5 Å². The van der Waals surface area contributed by atoms with Crippen LogP contribution in [-0.4, -0.2) is 32.2 Å². The average molecular weight is 378 g/mol. The van der Waals surface area contributed by atoms with Crippen LogP contribution in [0.1, 0.15) is 11.1 Å². The lowest BCUT2D eigenvalue weighted by Gasteiger charge is -2.11. The molecule has 0 aliphatic heterocycles. The van der Waals surface area contributed by atoms with E-state index in [1.807, 2.05) is 26.0 Å². The number of benzene rings is 2. The smallest absolute Gasteiger partial charge is 0.344 e. The summed E-state index contributed by atoms with van der Waals surface area (Å²) in [5.74, 6) is -0.133. The van der Waals surface area contributed by atoms with Gasteiger partial charge in [-0.3, -0.25) is 4.79 Å². The van der Waals surface area contributed by atoms with E-state index in [9.17, 15) is 9.59 Å². The molecular weight excluding hydrogens is 358 g/mol. The predicted molar refractivity (Wildman–Crippen MR) is 99.0 cm³/mol. The minimum atomic E-state index is -0.642. The summed E-state index contributed by atoms with van der Waals surface area (Å²) in [6.45, 7) is 3.22. The van der Waals surface area contributed by atoms with Crippen molar-refractivity contribution in [1.82, 2.24) is 0 Å². The topological polar surface area (TPSA) is 73.9 Å². The Morgan fingerprint density at radius 1 is 1.04 bits per heavy atom. The maximum atomic E-state index is 11.9. The summed E-state index contributed by atoms with van der Waals surface area (Å²) in [5.41, 5.74) is 2.59. The highest BCUT2D eigenvalue weighted by Crippen LogP contribution is 2.27. The molecule has 0 heterocycles. The zero-order chi connectivity index (χ0) is 19.1. The van der Waals surface area contributed by atoms with Crippen molar-refractivity contribution < 1.29 is 23.8 Å². The summed E-state index contributed by atoms with van der Waals surface area (Å²) in [6, 6.07) is 10.3. The Balaban J connectivity index is 1.80. The number of methoxy groups -OCH3 is 1. The second-order valence-corrected chi connectivity index (χ2v) is 6.02. The molecule has 0 radical (unpaired) electrons. The van der Waals surface area contributed by atoms with E-state index in [1.54, 1.807) is 24.3 Å². The van der Waals surface area contributed by atoms with Crippen LogP contribution >= 0.6 is 11.6 Å². The van der Waals surface area contributed by atoms with Crippen molar-refractivity contribution in [2.45, 2.75) is 13.8 Å². The lowest BCUT2D eigenvalue weighted by molar-refractivity contribution is -0.149. The molecule has 26 heavy (non-hydrogen) atoms. The third-order valence-electron chi connectivity index (χ3n) is 3.63. The van der Waals surface area contributed by atoms with Crippen molar-refractivity contribution in [3.8, 4) is 11.5 Å². The Kier molecular flexibility index (Phi) is 6.86. The Bertz CT molecular complexity index is 807. The number of halogens is 1. The maximum absolute atomic E-state index is 11.9. The summed E-state index contributed by atoms with van der Waals surface area (Å²) < 4.78 is 15.4. The molecule has 0 aliphatic carbocycles. The molecule has 0 fully saturated rings. The summed E-state index contributed by atoms with van der Waals surface area (Å²) >= 11 is 5.90. The lowest BCUT2D eigenvalue weighted by atomic mass is 10.1. The molecule has 138 valence electrons. The Morgan fingerprint density at radius 2 is 1.81 bits per heavy atom. The van der Waals surface area contributed by atoms with E-state index < -0.39 is 18.5 Å². The molecule has 0 atom stereocenters. The van der Waals surface area contributed by atoms with E-state index in [4.69, 9.17) is 25.8 Å². The van der Waals surface area contributed by atoms with Crippen LogP contribution in [0.25, 0.3) is 0 Å². The number of hydrogen-bond donors (Lipinski definition) is 1. The van der Waals surface area contributed by atoms with E-state index in [-0.39, 0.29) is 6.61 Å². The SMILES string of the molecule is COc1ccc(Cl)cc1NC(=O)COC(=O)COc1ccc(C)c(C)c1. The van der Waals surface area contributed by atoms with Gasteiger partial charge in [0.2, 0.25) is 0 Å². The van der Waals surface area contributed by atoms with E-state index >= 15 is 0 Å². The Labute approximate surface area is 157 Å². The second kappa shape index (κ2) is 9.10. The molecule has 2 rings (SSSR count). The summed E-state index contributed by atoms with van der Waals surface area (Å²) in [5, 5.41) is 3.02. The number of amides is 1. The molecule has 0 aliphatic rings. The first kappa shape index (κ1) is 19.6. The first-order valence-electron chi connectivity index (χ1n) is 7.88. The number of esters is 1. The molecule has 0 bridgehead atoms. The monoisotopic (exact) mass is 377 g/mol. The van der Waals surface area contributed by atoms with Gasteiger partial charge in [-0.2, -0.15) is 0 Å². The van der Waals surface area contributed by atoms with Crippen LogP contribution < -0.4 is 14.8 Å². The molecule has 0 spiro atoms. The zero-order valence-corrected chi connectivity index (χ0v) is 15.6. The number of anilines is 1. The van der Waals surface area contributed by atoms with Crippen LogP contribution in [-0.2, 0) is 14.3 Å². The van der Waals surface area contributed by atoms with E-state index in [1.165, 1.54) is 7.11 Å². The third-order valence-corrected chi connectivity index (χ3v) is 3.87. The van der Waals surface area contributed by atoms with Crippen molar-refractivity contribution in [3.63, 3.8) is 0 Å². The number of hydrogen-bond acceptors (Lipinski definition) is 5. The minimum Gasteiger partial charge on any atom is -0.495 e. The second-order valence-electron chi connectivity index (χ2n) is 5.59. The lowest BCUT2D eigenvalue weighted by Crippen LogP contribution is -2.23. The fraction of sp³-hybridized carbons (Fsp3) is 0.263. The van der Waals surface area contributed by atoms with Gasteiger partial charge in [-0.15, -0.1) is 0 Å². The van der Waals surface area contributed by atoms with Gasteiger partial charge in [-0.05, 0) is 55.3 Å². The molecular formula is C19H20ClNO5. The Morgan fingerprint density at radius 3 is 2.50 bits per heavy atom. The van der Waals surface area contributed by atoms with E-state index in [0.29, 0.717) is 22.2 Å². The van der Waals surface area contributed by atoms with Gasteiger partial charge in [-0.1, -0.05) is 17.7 Å². The predicted octanol–water partition coefficient (Wildman–Crippen LogP) is 3.53. The molecule has 6 nitrogen and oxygen atoms in total. The highest BCUT2D eigenvalue weighted by molar-refractivity contribution is 6.31. The van der Waals surface area contributed by atoms with Crippen LogP contribution in [0.2, 0.25) is 5.02 Å². The van der Waals surface area contributed by atoms with E-state index in [0.717, 1.165) is 11.1 Å². The molecule has 1 amide bonds. The highest BCUT2D eigenvalue weighted by Gasteiger charge is 2.12. The van der Waals surface area contributed by atoms with Gasteiger partial charge in [-0.25, -0.2) is 4.79 Å². The van der Waals surface area contributed by atoms with Gasteiger partial charge >= 0.3 is 5.97 Å². The minimum absolute atomic E-state index is 0.281. The Hall–Kier alpha value is -2.73. The first-order chi connectivity index (χ1) is 12.4. The molecule has 0 saturated heterocycles. The van der Waals surface area contributed by atoms with Crippen molar-refractivity contribution in [2.24, 2.45) is 0 Å². The largest absolute Gasteiger partial charge is 0.495 e. The van der Waals surface area contributed by atoms with Gasteiger partial charge in [0.05, 0.1) is 12.8 Å². The fourth-order valence-corrected chi connectivity index (χ4v) is 2.27. The fourth-order valence-electron chi connectivity index (χ4n) is 2.10. The quantitative estimate of drug-likeness (QED) is 0.747. The van der Waals surface area contributed by atoms with Gasteiger partial charge in [0.1, 0.15) is 11.5 Å².